The molecule has 4 nitrogen and oxygen atoms in total. The van der Waals surface area contributed by atoms with Crippen LogP contribution in [0.3, 0.4) is 0 Å². The second kappa shape index (κ2) is 5.28. The Balaban J connectivity index is 2.20. The van der Waals surface area contributed by atoms with Gasteiger partial charge in [-0.1, -0.05) is 18.2 Å². The van der Waals surface area contributed by atoms with Crippen LogP contribution in [0.1, 0.15) is 18.0 Å². The van der Waals surface area contributed by atoms with Crippen LogP contribution in [0.2, 0.25) is 0 Å². The maximum atomic E-state index is 11.3. The lowest BCUT2D eigenvalue weighted by Crippen LogP contribution is -2.37. The Morgan fingerprint density at radius 1 is 1.39 bits per heavy atom. The SMILES string of the molecule is CNC1CCN(CCS(C)(=O)=O)c2ccccc21. The Kier molecular flexibility index (Phi) is 3.92. The molecule has 0 amide bonds. The molecule has 18 heavy (non-hydrogen) atoms. The van der Waals surface area contributed by atoms with Crippen molar-refractivity contribution in [1.29, 1.82) is 0 Å². The molecular weight excluding hydrogens is 248 g/mol. The zero-order valence-corrected chi connectivity index (χ0v) is 11.7. The summed E-state index contributed by atoms with van der Waals surface area (Å²) in [5.74, 6) is 0.214. The fourth-order valence-corrected chi connectivity index (χ4v) is 2.99. The van der Waals surface area contributed by atoms with E-state index in [2.05, 4.69) is 22.3 Å². The van der Waals surface area contributed by atoms with E-state index in [0.29, 0.717) is 12.6 Å². The minimum Gasteiger partial charge on any atom is -0.370 e. The molecule has 1 aliphatic rings. The largest absolute Gasteiger partial charge is 0.370 e. The lowest BCUT2D eigenvalue weighted by atomic mass is 9.96. The number of nitrogens with one attached hydrogen (secondary N) is 1. The van der Waals surface area contributed by atoms with Crippen molar-refractivity contribution < 1.29 is 8.42 Å². The number of hydrogen-bond acceptors (Lipinski definition) is 4. The van der Waals surface area contributed by atoms with Crippen LogP contribution in [0.5, 0.6) is 0 Å². The van der Waals surface area contributed by atoms with E-state index in [4.69, 9.17) is 0 Å². The van der Waals surface area contributed by atoms with Crippen molar-refractivity contribution in [2.45, 2.75) is 12.5 Å². The summed E-state index contributed by atoms with van der Waals surface area (Å²) in [7, 11) is -0.937. The fourth-order valence-electron chi connectivity index (χ4n) is 2.44. The average molecular weight is 268 g/mol. The average Bonchev–Trinajstić information content (AvgIpc) is 2.35. The van der Waals surface area contributed by atoms with Crippen LogP contribution in [-0.4, -0.2) is 40.6 Å². The smallest absolute Gasteiger partial charge is 0.149 e. The number of sulfone groups is 1. The van der Waals surface area contributed by atoms with Gasteiger partial charge in [0.25, 0.3) is 0 Å². The minimum absolute atomic E-state index is 0.214. The Labute approximate surface area is 109 Å². The molecule has 1 atom stereocenters. The molecule has 1 aromatic carbocycles. The summed E-state index contributed by atoms with van der Waals surface area (Å²) in [6.45, 7) is 1.48. The third-order valence-corrected chi connectivity index (χ3v) is 4.35. The van der Waals surface area contributed by atoms with Crippen LogP contribution in [0.4, 0.5) is 5.69 Å². The highest BCUT2D eigenvalue weighted by Gasteiger charge is 2.23. The van der Waals surface area contributed by atoms with Crippen LogP contribution in [0.25, 0.3) is 0 Å². The van der Waals surface area contributed by atoms with E-state index >= 15 is 0 Å². The van der Waals surface area contributed by atoms with Gasteiger partial charge in [0.15, 0.2) is 0 Å². The Morgan fingerprint density at radius 2 is 2.11 bits per heavy atom. The van der Waals surface area contributed by atoms with Crippen molar-refractivity contribution in [2.24, 2.45) is 0 Å². The summed E-state index contributed by atoms with van der Waals surface area (Å²) < 4.78 is 22.5. The number of para-hydroxylation sites is 1. The Morgan fingerprint density at radius 3 is 2.78 bits per heavy atom. The van der Waals surface area contributed by atoms with E-state index in [9.17, 15) is 8.42 Å². The second-order valence-electron chi connectivity index (χ2n) is 4.81. The molecule has 0 fully saturated rings. The van der Waals surface area contributed by atoms with E-state index in [1.54, 1.807) is 0 Å². The third-order valence-electron chi connectivity index (χ3n) is 3.42. The first-order chi connectivity index (χ1) is 8.51. The molecule has 2 rings (SSSR count). The standard InChI is InChI=1S/C13H20N2O2S/c1-14-12-7-8-15(9-10-18(2,16)17)13-6-4-3-5-11(12)13/h3-6,12,14H,7-10H2,1-2H3. The molecular formula is C13H20N2O2S. The van der Waals surface area contributed by atoms with Gasteiger partial charge in [-0.3, -0.25) is 0 Å². The number of fused-ring (bicyclic) bond motifs is 1. The number of nitrogens with zero attached hydrogens (tertiary/aromatic N) is 1. The Bertz CT molecular complexity index is 513. The van der Waals surface area contributed by atoms with Gasteiger partial charge in [-0.25, -0.2) is 8.42 Å². The molecule has 0 bridgehead atoms. The molecule has 1 heterocycles. The highest BCUT2D eigenvalue weighted by molar-refractivity contribution is 7.90. The summed E-state index contributed by atoms with van der Waals surface area (Å²) >= 11 is 0. The molecule has 0 saturated heterocycles. The Hall–Kier alpha value is -1.07. The van der Waals surface area contributed by atoms with Gasteiger partial charge in [-0.05, 0) is 25.1 Å². The first-order valence-corrected chi connectivity index (χ1v) is 8.26. The van der Waals surface area contributed by atoms with Crippen LogP contribution in [0.15, 0.2) is 24.3 Å². The van der Waals surface area contributed by atoms with Crippen molar-refractivity contribution in [2.75, 3.05) is 37.0 Å². The van der Waals surface area contributed by atoms with Crippen molar-refractivity contribution in [3.63, 3.8) is 0 Å². The van der Waals surface area contributed by atoms with E-state index in [-0.39, 0.29) is 5.75 Å². The summed E-state index contributed by atoms with van der Waals surface area (Å²) in [6.07, 6.45) is 2.30. The maximum Gasteiger partial charge on any atom is 0.149 e. The zero-order valence-electron chi connectivity index (χ0n) is 10.9. The first kappa shape index (κ1) is 13.4. The molecule has 0 saturated carbocycles. The lowest BCUT2D eigenvalue weighted by molar-refractivity contribution is 0.519. The van der Waals surface area contributed by atoms with E-state index in [1.807, 2.05) is 19.2 Å². The molecule has 0 aromatic heterocycles. The third kappa shape index (κ3) is 3.03. The summed E-state index contributed by atoms with van der Waals surface area (Å²) in [6, 6.07) is 8.59. The molecule has 0 spiro atoms. The van der Waals surface area contributed by atoms with Crippen molar-refractivity contribution >= 4 is 15.5 Å². The van der Waals surface area contributed by atoms with Crippen molar-refractivity contribution in [1.82, 2.24) is 5.32 Å². The predicted molar refractivity (Wildman–Crippen MR) is 74.8 cm³/mol. The van der Waals surface area contributed by atoms with E-state index in [1.165, 1.54) is 11.8 Å². The van der Waals surface area contributed by atoms with Gasteiger partial charge in [0, 0.05) is 31.1 Å². The minimum atomic E-state index is -2.90. The van der Waals surface area contributed by atoms with Crippen LogP contribution in [-0.2, 0) is 9.84 Å². The van der Waals surface area contributed by atoms with Gasteiger partial charge in [-0.2, -0.15) is 0 Å². The fraction of sp³-hybridized carbons (Fsp3) is 0.538. The van der Waals surface area contributed by atoms with Crippen molar-refractivity contribution in [3.05, 3.63) is 29.8 Å². The molecule has 1 aliphatic heterocycles. The number of benzene rings is 1. The first-order valence-electron chi connectivity index (χ1n) is 6.20. The number of anilines is 1. The van der Waals surface area contributed by atoms with Gasteiger partial charge >= 0.3 is 0 Å². The highest BCUT2D eigenvalue weighted by Crippen LogP contribution is 2.32. The predicted octanol–water partition coefficient (Wildman–Crippen LogP) is 1.20. The van der Waals surface area contributed by atoms with Gasteiger partial charge < -0.3 is 10.2 Å². The van der Waals surface area contributed by atoms with Crippen LogP contribution in [0, 0.1) is 0 Å². The monoisotopic (exact) mass is 268 g/mol. The summed E-state index contributed by atoms with van der Waals surface area (Å²) in [5.41, 5.74) is 2.42. The van der Waals surface area contributed by atoms with Gasteiger partial charge in [0.05, 0.1) is 5.75 Å². The number of rotatable bonds is 4. The normalized spacial score (nSPS) is 19.7. The quantitative estimate of drug-likeness (QED) is 0.891. The van der Waals surface area contributed by atoms with E-state index in [0.717, 1.165) is 18.7 Å². The lowest BCUT2D eigenvalue weighted by Gasteiger charge is -2.35. The molecule has 5 heteroatoms. The van der Waals surface area contributed by atoms with Crippen LogP contribution < -0.4 is 10.2 Å². The molecule has 1 unspecified atom stereocenters. The topological polar surface area (TPSA) is 49.4 Å². The number of hydrogen-bond donors (Lipinski definition) is 1. The maximum absolute atomic E-state index is 11.3. The van der Waals surface area contributed by atoms with E-state index < -0.39 is 9.84 Å². The van der Waals surface area contributed by atoms with Crippen molar-refractivity contribution in [3.8, 4) is 0 Å². The molecule has 1 N–H and O–H groups in total. The second-order valence-corrected chi connectivity index (χ2v) is 7.07. The highest BCUT2D eigenvalue weighted by atomic mass is 32.2. The summed E-state index contributed by atoms with van der Waals surface area (Å²) in [5, 5.41) is 3.31. The molecule has 0 radical (unpaired) electrons. The molecule has 0 aliphatic carbocycles. The molecule has 100 valence electrons. The molecule has 1 aromatic rings. The van der Waals surface area contributed by atoms with Gasteiger partial charge in [0.1, 0.15) is 9.84 Å². The zero-order chi connectivity index (χ0) is 13.2. The van der Waals surface area contributed by atoms with Gasteiger partial charge in [0.2, 0.25) is 0 Å². The van der Waals surface area contributed by atoms with Gasteiger partial charge in [-0.15, -0.1) is 0 Å². The summed E-state index contributed by atoms with van der Waals surface area (Å²) in [4.78, 5) is 2.17. The van der Waals surface area contributed by atoms with Crippen LogP contribution >= 0.6 is 0 Å².